The summed E-state index contributed by atoms with van der Waals surface area (Å²) in [5.41, 5.74) is 6.34. The highest BCUT2D eigenvalue weighted by atomic mass is 16.5. The van der Waals surface area contributed by atoms with Gasteiger partial charge in [-0.15, -0.1) is 0 Å². The van der Waals surface area contributed by atoms with Crippen molar-refractivity contribution < 1.29 is 4.74 Å². The van der Waals surface area contributed by atoms with Crippen molar-refractivity contribution in [3.63, 3.8) is 0 Å². The van der Waals surface area contributed by atoms with E-state index >= 15 is 0 Å². The maximum absolute atomic E-state index is 13.6. The lowest BCUT2D eigenvalue weighted by molar-refractivity contribution is 0.357. The molecule has 0 fully saturated rings. The highest BCUT2D eigenvalue weighted by Crippen LogP contribution is 2.38. The van der Waals surface area contributed by atoms with Gasteiger partial charge >= 0.3 is 0 Å². The van der Waals surface area contributed by atoms with Crippen LogP contribution < -0.4 is 10.2 Å². The molecule has 35 heavy (non-hydrogen) atoms. The van der Waals surface area contributed by atoms with Crippen molar-refractivity contribution in [2.24, 2.45) is 0 Å². The molecule has 0 bridgehead atoms. The van der Waals surface area contributed by atoms with Crippen molar-refractivity contribution in [1.82, 2.24) is 9.55 Å². The van der Waals surface area contributed by atoms with Gasteiger partial charge in [0.15, 0.2) is 5.43 Å². The van der Waals surface area contributed by atoms with Gasteiger partial charge in [-0.1, -0.05) is 54.6 Å². The second-order valence-corrected chi connectivity index (χ2v) is 9.34. The first-order valence-corrected chi connectivity index (χ1v) is 12.1. The van der Waals surface area contributed by atoms with E-state index in [1.54, 1.807) is 0 Å². The molecule has 0 saturated heterocycles. The maximum Gasteiger partial charge on any atom is 0.198 e. The van der Waals surface area contributed by atoms with Gasteiger partial charge in [-0.05, 0) is 59.2 Å². The maximum atomic E-state index is 13.6. The molecule has 0 radical (unpaired) electrons. The zero-order chi connectivity index (χ0) is 23.5. The number of hydrogen-bond donors (Lipinski definition) is 1. The largest absolute Gasteiger partial charge is 0.493 e. The van der Waals surface area contributed by atoms with Crippen LogP contribution in [0.2, 0.25) is 0 Å². The molecular formula is C31H24N2O2. The third kappa shape index (κ3) is 3.03. The minimum Gasteiger partial charge on any atom is -0.493 e. The Morgan fingerprint density at radius 3 is 2.60 bits per heavy atom. The van der Waals surface area contributed by atoms with Crippen LogP contribution in [0.25, 0.3) is 43.8 Å². The van der Waals surface area contributed by atoms with Gasteiger partial charge in [-0.25, -0.2) is 0 Å². The van der Waals surface area contributed by atoms with Gasteiger partial charge in [-0.3, -0.25) is 4.79 Å². The lowest BCUT2D eigenvalue weighted by Crippen LogP contribution is -2.08. The third-order valence-electron chi connectivity index (χ3n) is 7.36. The summed E-state index contributed by atoms with van der Waals surface area (Å²) in [4.78, 5) is 17.2. The Labute approximate surface area is 202 Å². The molecule has 1 aliphatic heterocycles. The number of nitrogens with one attached hydrogen (secondary N) is 1. The molecule has 2 aromatic heterocycles. The SMILES string of the molecule is C[C@@H](c1cccc2ccccc12)n1cc2c(=O)c3ccccc3[nH]c2c1-c1ccc2c(c1)CCO2. The molecule has 0 amide bonds. The number of pyridine rings is 1. The average Bonchev–Trinajstić information content (AvgIpc) is 3.52. The Hall–Kier alpha value is -4.31. The van der Waals surface area contributed by atoms with Crippen LogP contribution in [0.3, 0.4) is 0 Å². The molecule has 0 unspecified atom stereocenters. The van der Waals surface area contributed by atoms with Crippen molar-refractivity contribution in [3.8, 4) is 17.0 Å². The van der Waals surface area contributed by atoms with E-state index in [9.17, 15) is 4.79 Å². The predicted octanol–water partition coefficient (Wildman–Crippen LogP) is 6.85. The summed E-state index contributed by atoms with van der Waals surface area (Å²) in [6.45, 7) is 2.93. The van der Waals surface area contributed by atoms with Gasteiger partial charge in [0.1, 0.15) is 5.75 Å². The van der Waals surface area contributed by atoms with Crippen molar-refractivity contribution in [2.75, 3.05) is 6.61 Å². The molecule has 0 aliphatic carbocycles. The number of para-hydroxylation sites is 1. The molecule has 1 N–H and O–H groups in total. The second kappa shape index (κ2) is 7.60. The molecule has 4 nitrogen and oxygen atoms in total. The van der Waals surface area contributed by atoms with Crippen LogP contribution in [-0.4, -0.2) is 16.2 Å². The monoisotopic (exact) mass is 456 g/mol. The number of hydrogen-bond acceptors (Lipinski definition) is 2. The summed E-state index contributed by atoms with van der Waals surface area (Å²) < 4.78 is 8.03. The number of fused-ring (bicyclic) bond motifs is 4. The number of benzene rings is 4. The Morgan fingerprint density at radius 1 is 0.886 bits per heavy atom. The number of rotatable bonds is 3. The van der Waals surface area contributed by atoms with Crippen LogP contribution in [0.5, 0.6) is 5.75 Å². The van der Waals surface area contributed by atoms with Crippen molar-refractivity contribution in [2.45, 2.75) is 19.4 Å². The van der Waals surface area contributed by atoms with Gasteiger partial charge in [0.25, 0.3) is 0 Å². The number of H-pyrrole nitrogens is 1. The van der Waals surface area contributed by atoms with E-state index in [2.05, 4.69) is 77.1 Å². The van der Waals surface area contributed by atoms with Crippen molar-refractivity contribution in [1.29, 1.82) is 0 Å². The highest BCUT2D eigenvalue weighted by Gasteiger charge is 2.23. The minimum atomic E-state index is 0.0175. The molecule has 1 aliphatic rings. The quantitative estimate of drug-likeness (QED) is 0.317. The Morgan fingerprint density at radius 2 is 1.69 bits per heavy atom. The summed E-state index contributed by atoms with van der Waals surface area (Å²) in [7, 11) is 0. The molecule has 0 spiro atoms. The molecule has 3 heterocycles. The zero-order valence-electron chi connectivity index (χ0n) is 19.4. The van der Waals surface area contributed by atoms with Crippen LogP contribution in [0.4, 0.5) is 0 Å². The standard InChI is InChI=1S/C31H24N2O2/c1-19(23-11-6-8-20-7-2-3-9-24(20)23)33-18-26-29(32-27-12-5-4-10-25(27)31(26)34)30(33)22-13-14-28-21(17-22)15-16-35-28/h2-14,17-19,32H,15-16H2,1H3/t19-/m0/s1. The zero-order valence-corrected chi connectivity index (χ0v) is 19.4. The van der Waals surface area contributed by atoms with E-state index in [0.717, 1.165) is 34.5 Å². The van der Waals surface area contributed by atoms with Crippen molar-refractivity contribution in [3.05, 3.63) is 112 Å². The first-order chi connectivity index (χ1) is 17.2. The summed E-state index contributed by atoms with van der Waals surface area (Å²) >= 11 is 0. The Kier molecular flexibility index (Phi) is 4.37. The third-order valence-corrected chi connectivity index (χ3v) is 7.36. The molecule has 1 atom stereocenters. The van der Waals surface area contributed by atoms with Gasteiger partial charge in [0.2, 0.25) is 0 Å². The van der Waals surface area contributed by atoms with E-state index in [-0.39, 0.29) is 11.5 Å². The fourth-order valence-corrected chi connectivity index (χ4v) is 5.59. The van der Waals surface area contributed by atoms with Crippen molar-refractivity contribution >= 4 is 32.6 Å². The van der Waals surface area contributed by atoms with Crippen LogP contribution >= 0.6 is 0 Å². The van der Waals surface area contributed by atoms with Crippen LogP contribution in [0, 0.1) is 0 Å². The molecular weight excluding hydrogens is 432 g/mol. The van der Waals surface area contributed by atoms with Gasteiger partial charge < -0.3 is 14.3 Å². The molecule has 4 heteroatoms. The molecule has 4 aromatic carbocycles. The average molecular weight is 457 g/mol. The Balaban J connectivity index is 1.55. The predicted molar refractivity (Wildman–Crippen MR) is 142 cm³/mol. The van der Waals surface area contributed by atoms with Crippen LogP contribution in [0.1, 0.15) is 24.1 Å². The minimum absolute atomic E-state index is 0.0175. The highest BCUT2D eigenvalue weighted by molar-refractivity contribution is 6.00. The Bertz CT molecular complexity index is 1820. The topological polar surface area (TPSA) is 47.0 Å². The summed E-state index contributed by atoms with van der Waals surface area (Å²) in [6, 6.07) is 29.1. The molecule has 7 rings (SSSR count). The van der Waals surface area contributed by atoms with Crippen LogP contribution in [0.15, 0.2) is 95.9 Å². The smallest absolute Gasteiger partial charge is 0.198 e. The van der Waals surface area contributed by atoms with Gasteiger partial charge in [0, 0.05) is 29.1 Å². The van der Waals surface area contributed by atoms with E-state index in [0.29, 0.717) is 17.4 Å². The summed E-state index contributed by atoms with van der Waals surface area (Å²) in [5, 5.41) is 3.86. The molecule has 0 saturated carbocycles. The first kappa shape index (κ1) is 20.1. The lowest BCUT2D eigenvalue weighted by Gasteiger charge is -2.20. The summed E-state index contributed by atoms with van der Waals surface area (Å²) in [6.07, 6.45) is 2.94. The summed E-state index contributed by atoms with van der Waals surface area (Å²) in [5.74, 6) is 0.956. The first-order valence-electron chi connectivity index (χ1n) is 12.1. The van der Waals surface area contributed by atoms with Crippen LogP contribution in [-0.2, 0) is 6.42 Å². The lowest BCUT2D eigenvalue weighted by atomic mass is 9.98. The fraction of sp³-hybridized carbons (Fsp3) is 0.129. The van der Waals surface area contributed by atoms with E-state index in [4.69, 9.17) is 4.74 Å². The van der Waals surface area contributed by atoms with E-state index in [1.807, 2.05) is 30.5 Å². The number of nitrogens with zero attached hydrogens (tertiary/aromatic N) is 1. The number of aromatic nitrogens is 2. The number of aromatic amines is 1. The molecule has 170 valence electrons. The normalized spacial score (nSPS) is 13.9. The fourth-order valence-electron chi connectivity index (χ4n) is 5.59. The van der Waals surface area contributed by atoms with Gasteiger partial charge in [-0.2, -0.15) is 0 Å². The number of ether oxygens (including phenoxy) is 1. The van der Waals surface area contributed by atoms with E-state index in [1.165, 1.54) is 21.9 Å². The second-order valence-electron chi connectivity index (χ2n) is 9.34. The molecule has 6 aromatic rings. The van der Waals surface area contributed by atoms with Gasteiger partial charge in [0.05, 0.1) is 29.2 Å². The van der Waals surface area contributed by atoms with E-state index < -0.39 is 0 Å².